The minimum Gasteiger partial charge on any atom is -0.366 e. The maximum Gasteiger partial charge on any atom is 0.248 e. The van der Waals surface area contributed by atoms with E-state index in [0.717, 1.165) is 0 Å². The zero-order chi connectivity index (χ0) is 16.2. The molecule has 0 spiro atoms. The highest BCUT2D eigenvalue weighted by molar-refractivity contribution is 7.89. The number of carbonyl (C=O) groups excluding carboxylic acids is 1. The maximum absolute atomic E-state index is 12.7. The Bertz CT molecular complexity index is 567. The number of rotatable bonds is 7. The van der Waals surface area contributed by atoms with Gasteiger partial charge in [0.25, 0.3) is 0 Å². The van der Waals surface area contributed by atoms with E-state index in [9.17, 15) is 13.2 Å². The second-order valence-electron chi connectivity index (χ2n) is 6.00. The van der Waals surface area contributed by atoms with Gasteiger partial charge in [-0.05, 0) is 36.1 Å². The Balaban J connectivity index is 3.12. The first kappa shape index (κ1) is 17.7. The van der Waals surface area contributed by atoms with E-state index in [1.54, 1.807) is 0 Å². The predicted octanol–water partition coefficient (Wildman–Crippen LogP) is 2.09. The van der Waals surface area contributed by atoms with E-state index in [4.69, 9.17) is 5.73 Å². The fraction of sp³-hybridized carbons (Fsp3) is 0.533. The lowest BCUT2D eigenvalue weighted by molar-refractivity contribution is 0.1000. The molecular weight excluding hydrogens is 288 g/mol. The third kappa shape index (κ3) is 4.82. The largest absolute Gasteiger partial charge is 0.366 e. The van der Waals surface area contributed by atoms with Gasteiger partial charge in [0.05, 0.1) is 4.90 Å². The fourth-order valence-corrected chi connectivity index (χ4v) is 3.79. The summed E-state index contributed by atoms with van der Waals surface area (Å²) in [5.41, 5.74) is 5.46. The Hall–Kier alpha value is -1.40. The lowest BCUT2D eigenvalue weighted by Crippen LogP contribution is -2.37. The van der Waals surface area contributed by atoms with E-state index in [1.165, 1.54) is 28.6 Å². The summed E-state index contributed by atoms with van der Waals surface area (Å²) in [6.07, 6.45) is 0. The van der Waals surface area contributed by atoms with Gasteiger partial charge < -0.3 is 5.73 Å². The molecule has 0 heterocycles. The van der Waals surface area contributed by atoms with Crippen LogP contribution in [0.5, 0.6) is 0 Å². The fourth-order valence-electron chi connectivity index (χ4n) is 2.03. The van der Waals surface area contributed by atoms with Gasteiger partial charge in [-0.25, -0.2) is 8.42 Å². The molecule has 1 amide bonds. The van der Waals surface area contributed by atoms with Gasteiger partial charge in [0.15, 0.2) is 0 Å². The van der Waals surface area contributed by atoms with Crippen molar-refractivity contribution in [1.82, 2.24) is 4.31 Å². The van der Waals surface area contributed by atoms with Crippen molar-refractivity contribution in [3.8, 4) is 0 Å². The summed E-state index contributed by atoms with van der Waals surface area (Å²) in [5.74, 6) is -0.0907. The zero-order valence-electron chi connectivity index (χ0n) is 13.0. The highest BCUT2D eigenvalue weighted by atomic mass is 32.2. The van der Waals surface area contributed by atoms with Crippen LogP contribution in [0.1, 0.15) is 38.1 Å². The summed E-state index contributed by atoms with van der Waals surface area (Å²) in [5, 5.41) is 0. The van der Waals surface area contributed by atoms with E-state index in [0.29, 0.717) is 18.7 Å². The molecule has 0 aliphatic rings. The van der Waals surface area contributed by atoms with Crippen molar-refractivity contribution in [2.75, 3.05) is 13.1 Å². The Morgan fingerprint density at radius 2 is 1.48 bits per heavy atom. The molecule has 0 aliphatic heterocycles. The van der Waals surface area contributed by atoms with Crippen molar-refractivity contribution < 1.29 is 13.2 Å². The van der Waals surface area contributed by atoms with E-state index in [-0.39, 0.29) is 16.7 Å². The number of amides is 1. The summed E-state index contributed by atoms with van der Waals surface area (Å²) in [6.45, 7) is 8.88. The first-order valence-corrected chi connectivity index (χ1v) is 8.48. The number of carbonyl (C=O) groups is 1. The lowest BCUT2D eigenvalue weighted by Gasteiger charge is -2.25. The van der Waals surface area contributed by atoms with Crippen molar-refractivity contribution in [3.63, 3.8) is 0 Å². The van der Waals surface area contributed by atoms with Gasteiger partial charge in [0.2, 0.25) is 15.9 Å². The molecule has 0 radical (unpaired) electrons. The minimum absolute atomic E-state index is 0.189. The molecule has 118 valence electrons. The van der Waals surface area contributed by atoms with Gasteiger partial charge in [0.1, 0.15) is 0 Å². The van der Waals surface area contributed by atoms with Crippen molar-refractivity contribution in [2.24, 2.45) is 17.6 Å². The number of nitrogens with zero attached hydrogens (tertiary/aromatic N) is 1. The van der Waals surface area contributed by atoms with Crippen molar-refractivity contribution in [1.29, 1.82) is 0 Å². The van der Waals surface area contributed by atoms with E-state index >= 15 is 0 Å². The number of hydrogen-bond donors (Lipinski definition) is 1. The van der Waals surface area contributed by atoms with Gasteiger partial charge in [-0.3, -0.25) is 4.79 Å². The van der Waals surface area contributed by atoms with Crippen LogP contribution in [0.15, 0.2) is 29.2 Å². The zero-order valence-corrected chi connectivity index (χ0v) is 13.9. The number of hydrogen-bond acceptors (Lipinski definition) is 3. The van der Waals surface area contributed by atoms with Crippen molar-refractivity contribution in [3.05, 3.63) is 29.8 Å². The first-order valence-electron chi connectivity index (χ1n) is 7.04. The van der Waals surface area contributed by atoms with Crippen LogP contribution in [0.25, 0.3) is 0 Å². The summed E-state index contributed by atoms with van der Waals surface area (Å²) in [7, 11) is -3.55. The van der Waals surface area contributed by atoms with Crippen LogP contribution in [-0.4, -0.2) is 31.7 Å². The monoisotopic (exact) mass is 312 g/mol. The number of nitrogens with two attached hydrogens (primary N) is 1. The van der Waals surface area contributed by atoms with E-state index in [1.807, 2.05) is 27.7 Å². The summed E-state index contributed by atoms with van der Waals surface area (Å²) >= 11 is 0. The van der Waals surface area contributed by atoms with Gasteiger partial charge in [-0.15, -0.1) is 0 Å². The SMILES string of the molecule is CC(C)CN(CC(C)C)S(=O)(=O)c1ccc(C(N)=O)cc1. The molecule has 21 heavy (non-hydrogen) atoms. The molecule has 0 saturated heterocycles. The average Bonchev–Trinajstić information content (AvgIpc) is 2.37. The van der Waals surface area contributed by atoms with Crippen LogP contribution >= 0.6 is 0 Å². The third-order valence-corrected chi connectivity index (χ3v) is 4.76. The Morgan fingerprint density at radius 1 is 1.05 bits per heavy atom. The lowest BCUT2D eigenvalue weighted by atomic mass is 10.2. The summed E-state index contributed by atoms with van der Waals surface area (Å²) in [4.78, 5) is 11.2. The van der Waals surface area contributed by atoms with Gasteiger partial charge in [-0.1, -0.05) is 27.7 Å². The molecule has 1 rings (SSSR count). The molecule has 2 N–H and O–H groups in total. The second-order valence-corrected chi connectivity index (χ2v) is 7.94. The standard InChI is InChI=1S/C15H24N2O3S/c1-11(2)9-17(10-12(3)4)21(19,20)14-7-5-13(6-8-14)15(16)18/h5-8,11-12H,9-10H2,1-4H3,(H2,16,18). The Morgan fingerprint density at radius 3 is 1.81 bits per heavy atom. The second kappa shape index (κ2) is 7.04. The van der Waals surface area contributed by atoms with Crippen LogP contribution in [0.4, 0.5) is 0 Å². The van der Waals surface area contributed by atoms with Crippen LogP contribution in [0.3, 0.4) is 0 Å². The minimum atomic E-state index is -3.55. The van der Waals surface area contributed by atoms with Gasteiger partial charge in [-0.2, -0.15) is 4.31 Å². The molecule has 0 unspecified atom stereocenters. The van der Waals surface area contributed by atoms with Crippen LogP contribution in [-0.2, 0) is 10.0 Å². The molecule has 0 aromatic heterocycles. The normalized spacial score (nSPS) is 12.3. The maximum atomic E-state index is 12.7. The molecule has 0 bridgehead atoms. The van der Waals surface area contributed by atoms with Crippen LogP contribution < -0.4 is 5.73 Å². The number of primary amides is 1. The molecule has 1 aromatic rings. The summed E-state index contributed by atoms with van der Waals surface area (Å²) < 4.78 is 26.9. The quantitative estimate of drug-likeness (QED) is 0.837. The topological polar surface area (TPSA) is 80.5 Å². The average molecular weight is 312 g/mol. The Kier molecular flexibility index (Phi) is 5.92. The van der Waals surface area contributed by atoms with Crippen LogP contribution in [0.2, 0.25) is 0 Å². The molecule has 5 nitrogen and oxygen atoms in total. The van der Waals surface area contributed by atoms with Gasteiger partial charge >= 0.3 is 0 Å². The number of sulfonamides is 1. The molecule has 0 fully saturated rings. The van der Waals surface area contributed by atoms with E-state index < -0.39 is 15.9 Å². The van der Waals surface area contributed by atoms with E-state index in [2.05, 4.69) is 0 Å². The first-order chi connectivity index (χ1) is 9.64. The van der Waals surface area contributed by atoms with Gasteiger partial charge in [0, 0.05) is 18.7 Å². The van der Waals surface area contributed by atoms with Crippen molar-refractivity contribution >= 4 is 15.9 Å². The predicted molar refractivity (Wildman–Crippen MR) is 83.4 cm³/mol. The third-order valence-electron chi connectivity index (χ3n) is 2.91. The molecular formula is C15H24N2O3S. The highest BCUT2D eigenvalue weighted by Crippen LogP contribution is 2.19. The van der Waals surface area contributed by atoms with Crippen LogP contribution in [0, 0.1) is 11.8 Å². The smallest absolute Gasteiger partial charge is 0.248 e. The molecule has 1 aromatic carbocycles. The molecule has 0 aliphatic carbocycles. The molecule has 0 atom stereocenters. The summed E-state index contributed by atoms with van der Waals surface area (Å²) in [6, 6.07) is 5.75. The number of benzene rings is 1. The highest BCUT2D eigenvalue weighted by Gasteiger charge is 2.25. The van der Waals surface area contributed by atoms with Crippen molar-refractivity contribution in [2.45, 2.75) is 32.6 Å². The molecule has 6 heteroatoms. The molecule has 0 saturated carbocycles. The Labute approximate surface area is 127 Å².